The second-order valence-corrected chi connectivity index (χ2v) is 7.67. The quantitative estimate of drug-likeness (QED) is 0.540. The Balaban J connectivity index is 1.63. The van der Waals surface area contributed by atoms with Crippen LogP contribution >= 0.6 is 46.4 Å². The van der Waals surface area contributed by atoms with Gasteiger partial charge in [-0.05, 0) is 35.4 Å². The third-order valence-electron chi connectivity index (χ3n) is 4.19. The molecule has 2 aromatic carbocycles. The Hall–Kier alpha value is -0.680. The molecule has 0 aliphatic carbocycles. The first-order chi connectivity index (χ1) is 12.0. The summed E-state index contributed by atoms with van der Waals surface area (Å²) in [4.78, 5) is 0. The predicted molar refractivity (Wildman–Crippen MR) is 99.9 cm³/mol. The summed E-state index contributed by atoms with van der Waals surface area (Å²) in [5, 5.41) is 2.14. The second kappa shape index (κ2) is 7.15. The summed E-state index contributed by atoms with van der Waals surface area (Å²) in [6.45, 7) is 1.46. The summed E-state index contributed by atoms with van der Waals surface area (Å²) in [7, 11) is 0. The molecule has 0 amide bonds. The minimum absolute atomic E-state index is 0.175. The Labute approximate surface area is 165 Å². The maximum Gasteiger partial charge on any atom is 0.146 e. The molecular formula is C18H14Cl4O3. The van der Waals surface area contributed by atoms with Crippen molar-refractivity contribution in [2.75, 3.05) is 13.2 Å². The van der Waals surface area contributed by atoms with E-state index in [0.29, 0.717) is 44.4 Å². The standard InChI is InChI=1S/C18H14Cl4O3/c19-13-1-3-15(17(21)11(13)5-9-7-23-9)25-16-4-2-14(20)12(18(16)22)6-10-8-24-10/h1-4,9-10H,5-8H2/t9-,10-/m0/s1. The lowest BCUT2D eigenvalue weighted by atomic mass is 10.1. The molecule has 0 saturated carbocycles. The average molecular weight is 420 g/mol. The van der Waals surface area contributed by atoms with Crippen LogP contribution in [0.3, 0.4) is 0 Å². The van der Waals surface area contributed by atoms with E-state index in [0.717, 1.165) is 24.3 Å². The molecular weight excluding hydrogens is 406 g/mol. The van der Waals surface area contributed by atoms with Crippen LogP contribution in [0, 0.1) is 0 Å². The van der Waals surface area contributed by atoms with Crippen molar-refractivity contribution in [2.24, 2.45) is 0 Å². The lowest BCUT2D eigenvalue weighted by Gasteiger charge is -2.15. The number of halogens is 4. The average Bonchev–Trinajstić information content (AvgIpc) is 3.48. The van der Waals surface area contributed by atoms with Crippen LogP contribution in [0.25, 0.3) is 0 Å². The summed E-state index contributed by atoms with van der Waals surface area (Å²) in [5.74, 6) is 0.999. The summed E-state index contributed by atoms with van der Waals surface area (Å²) in [6.07, 6.45) is 1.67. The monoisotopic (exact) mass is 418 g/mol. The van der Waals surface area contributed by atoms with Crippen molar-refractivity contribution in [2.45, 2.75) is 25.0 Å². The van der Waals surface area contributed by atoms with Crippen molar-refractivity contribution in [1.82, 2.24) is 0 Å². The number of benzene rings is 2. The van der Waals surface area contributed by atoms with Crippen LogP contribution in [0.4, 0.5) is 0 Å². The Morgan fingerprint density at radius 3 is 1.52 bits per heavy atom. The molecule has 7 heteroatoms. The van der Waals surface area contributed by atoms with Crippen LogP contribution in [-0.4, -0.2) is 25.4 Å². The molecule has 2 atom stereocenters. The Morgan fingerprint density at radius 1 is 0.760 bits per heavy atom. The summed E-state index contributed by atoms with van der Waals surface area (Å²) in [5.41, 5.74) is 1.64. The third kappa shape index (κ3) is 4.02. The van der Waals surface area contributed by atoms with Gasteiger partial charge in [0.15, 0.2) is 0 Å². The van der Waals surface area contributed by atoms with Gasteiger partial charge in [0.05, 0.1) is 35.5 Å². The van der Waals surface area contributed by atoms with Gasteiger partial charge in [-0.15, -0.1) is 0 Å². The summed E-state index contributed by atoms with van der Waals surface area (Å²) < 4.78 is 16.5. The van der Waals surface area contributed by atoms with E-state index >= 15 is 0 Å². The minimum Gasteiger partial charge on any atom is -0.454 e. The van der Waals surface area contributed by atoms with Gasteiger partial charge >= 0.3 is 0 Å². The van der Waals surface area contributed by atoms with Crippen LogP contribution in [0.15, 0.2) is 24.3 Å². The molecule has 0 unspecified atom stereocenters. The number of epoxide rings is 2. The van der Waals surface area contributed by atoms with Gasteiger partial charge < -0.3 is 14.2 Å². The fraction of sp³-hybridized carbons (Fsp3) is 0.333. The van der Waals surface area contributed by atoms with E-state index < -0.39 is 0 Å². The molecule has 3 nitrogen and oxygen atoms in total. The molecule has 2 aromatic rings. The largest absolute Gasteiger partial charge is 0.454 e. The van der Waals surface area contributed by atoms with E-state index in [9.17, 15) is 0 Å². The van der Waals surface area contributed by atoms with Gasteiger partial charge in [0.1, 0.15) is 11.5 Å². The zero-order valence-electron chi connectivity index (χ0n) is 13.0. The molecule has 0 radical (unpaired) electrons. The highest BCUT2D eigenvalue weighted by Gasteiger charge is 2.28. The maximum atomic E-state index is 6.50. The highest BCUT2D eigenvalue weighted by atomic mass is 35.5. The topological polar surface area (TPSA) is 34.3 Å². The van der Waals surface area contributed by atoms with E-state index in [4.69, 9.17) is 60.6 Å². The summed E-state index contributed by atoms with van der Waals surface area (Å²) >= 11 is 25.5. The fourth-order valence-corrected chi connectivity index (χ4v) is 3.76. The van der Waals surface area contributed by atoms with E-state index in [-0.39, 0.29) is 12.2 Å². The highest BCUT2D eigenvalue weighted by Crippen LogP contribution is 2.42. The van der Waals surface area contributed by atoms with Crippen LogP contribution in [-0.2, 0) is 22.3 Å². The number of ether oxygens (including phenoxy) is 3. The van der Waals surface area contributed by atoms with Crippen molar-refractivity contribution < 1.29 is 14.2 Å². The van der Waals surface area contributed by atoms with Gasteiger partial charge in [-0.3, -0.25) is 0 Å². The van der Waals surface area contributed by atoms with E-state index in [1.807, 2.05) is 0 Å². The van der Waals surface area contributed by atoms with E-state index in [1.54, 1.807) is 24.3 Å². The molecule has 2 aliphatic rings. The molecule has 2 aliphatic heterocycles. The molecule has 0 N–H and O–H groups in total. The van der Waals surface area contributed by atoms with Gasteiger partial charge in [-0.25, -0.2) is 0 Å². The van der Waals surface area contributed by atoms with Crippen LogP contribution in [0.5, 0.6) is 11.5 Å². The van der Waals surface area contributed by atoms with Gasteiger partial charge in [-0.1, -0.05) is 46.4 Å². The van der Waals surface area contributed by atoms with E-state index in [2.05, 4.69) is 0 Å². The zero-order chi connectivity index (χ0) is 17.6. The van der Waals surface area contributed by atoms with Gasteiger partial charge in [0.25, 0.3) is 0 Å². The third-order valence-corrected chi connectivity index (χ3v) is 5.73. The summed E-state index contributed by atoms with van der Waals surface area (Å²) in [6, 6.07) is 7.00. The molecule has 0 aromatic heterocycles. The number of hydrogen-bond acceptors (Lipinski definition) is 3. The molecule has 0 spiro atoms. The molecule has 2 saturated heterocycles. The molecule has 132 valence electrons. The minimum atomic E-state index is 0.175. The first-order valence-electron chi connectivity index (χ1n) is 7.87. The van der Waals surface area contributed by atoms with Gasteiger partial charge in [0.2, 0.25) is 0 Å². The number of rotatable bonds is 6. The lowest BCUT2D eigenvalue weighted by molar-refractivity contribution is 0.407. The van der Waals surface area contributed by atoms with Crippen molar-refractivity contribution in [3.8, 4) is 11.5 Å². The molecule has 2 fully saturated rings. The first kappa shape index (κ1) is 17.7. The van der Waals surface area contributed by atoms with Gasteiger partial charge in [-0.2, -0.15) is 0 Å². The Kier molecular flexibility index (Phi) is 5.07. The predicted octanol–water partition coefficient (Wildman–Crippen LogP) is 5.98. The van der Waals surface area contributed by atoms with Crippen LogP contribution < -0.4 is 4.74 Å². The van der Waals surface area contributed by atoms with Crippen molar-refractivity contribution in [1.29, 1.82) is 0 Å². The van der Waals surface area contributed by atoms with E-state index in [1.165, 1.54) is 0 Å². The van der Waals surface area contributed by atoms with Crippen LogP contribution in [0.2, 0.25) is 20.1 Å². The molecule has 4 rings (SSSR count). The Bertz CT molecular complexity index is 749. The van der Waals surface area contributed by atoms with Crippen LogP contribution in [0.1, 0.15) is 11.1 Å². The smallest absolute Gasteiger partial charge is 0.146 e. The molecule has 2 heterocycles. The Morgan fingerprint density at radius 2 is 1.16 bits per heavy atom. The molecule has 25 heavy (non-hydrogen) atoms. The first-order valence-corrected chi connectivity index (χ1v) is 9.39. The fourth-order valence-electron chi connectivity index (χ4n) is 2.63. The van der Waals surface area contributed by atoms with Gasteiger partial charge in [0, 0.05) is 22.9 Å². The van der Waals surface area contributed by atoms with Crippen molar-refractivity contribution in [3.63, 3.8) is 0 Å². The zero-order valence-corrected chi connectivity index (χ0v) is 16.1. The second-order valence-electron chi connectivity index (χ2n) is 6.10. The SMILES string of the molecule is Clc1ccc(Oc2ccc(Cl)c(C[C@H]3CO3)c2Cl)c(Cl)c1C[C@H]1CO1. The maximum absolute atomic E-state index is 6.50. The van der Waals surface area contributed by atoms with Crippen molar-refractivity contribution >= 4 is 46.4 Å². The normalized spacial score (nSPS) is 21.3. The van der Waals surface area contributed by atoms with Crippen molar-refractivity contribution in [3.05, 3.63) is 55.5 Å². The lowest BCUT2D eigenvalue weighted by Crippen LogP contribution is -1.99. The number of hydrogen-bond donors (Lipinski definition) is 0. The highest BCUT2D eigenvalue weighted by molar-refractivity contribution is 6.37. The molecule has 0 bridgehead atoms.